The van der Waals surface area contributed by atoms with Crippen LogP contribution in [0.2, 0.25) is 0 Å². The lowest BCUT2D eigenvalue weighted by atomic mass is 9.94. The molecule has 4 atom stereocenters. The Bertz CT molecular complexity index is 2480. The third kappa shape index (κ3) is 9.36. The molecule has 0 unspecified atom stereocenters. The highest BCUT2D eigenvalue weighted by molar-refractivity contribution is 5.95. The minimum Gasteiger partial charge on any atom is -0.395 e. The summed E-state index contributed by atoms with van der Waals surface area (Å²) in [5.74, 6) is -2.23. The molecular weight excluding hydrogens is 807 g/mol. The van der Waals surface area contributed by atoms with Crippen molar-refractivity contribution in [1.29, 1.82) is 0 Å². The number of amides is 4. The molecule has 5 aromatic rings. The maximum absolute atomic E-state index is 15.1. The Morgan fingerprint density at radius 1 is 0.730 bits per heavy atom. The van der Waals surface area contributed by atoms with Gasteiger partial charge in [0.2, 0.25) is 23.6 Å². The first-order valence-corrected chi connectivity index (χ1v) is 22.2. The van der Waals surface area contributed by atoms with Crippen LogP contribution in [0.1, 0.15) is 64.5 Å². The minimum atomic E-state index is -0.744. The highest BCUT2D eigenvalue weighted by Gasteiger charge is 2.38. The Morgan fingerprint density at radius 3 is 1.79 bits per heavy atom. The SMILES string of the molecule is CC(C)[C@H](NC(=O)CN)C(=O)N1CCC[C@@H]1Cc1c(-c2ccc(-c3c(C[C@H]4CCCN4C(=O)[C@@H](NC(=O)CN)C(C)C)c4cc(F)ccc4n3CCO)cc2)[nH]c2cc(F)ccc12. The summed E-state index contributed by atoms with van der Waals surface area (Å²) in [5, 5.41) is 17.5. The van der Waals surface area contributed by atoms with E-state index in [1.807, 2.05) is 66.3 Å². The molecule has 2 saturated heterocycles. The molecule has 4 heterocycles. The standard InChI is InChI=1S/C48H60F2N8O5/c1-27(2)43(54-41(60)25-51)47(62)56-17-5-7-33(56)23-37-35-15-13-32(50)22-39(35)53-45(37)29-9-11-30(12-10-29)46-38(36-21-31(49)14-16-40(36)58(46)19-20-59)24-34-8-6-18-57(34)48(63)44(28(3)4)55-42(61)26-52/h9-16,21-22,27-28,33-34,43-44,53,59H,5-8,17-20,23-26,51-52H2,1-4H3,(H,54,60)(H,55,61)/t33-,34-,43+,44+/m1/s1. The largest absolute Gasteiger partial charge is 0.395 e. The molecule has 3 aromatic carbocycles. The van der Waals surface area contributed by atoms with Crippen molar-refractivity contribution in [2.75, 3.05) is 32.8 Å². The number of H-pyrrole nitrogens is 1. The van der Waals surface area contributed by atoms with Crippen LogP contribution in [0, 0.1) is 23.5 Å². The van der Waals surface area contributed by atoms with Crippen LogP contribution in [0.25, 0.3) is 44.3 Å². The van der Waals surface area contributed by atoms with E-state index in [4.69, 9.17) is 11.5 Å². The molecule has 15 heteroatoms. The summed E-state index contributed by atoms with van der Waals surface area (Å²) in [4.78, 5) is 59.9. The summed E-state index contributed by atoms with van der Waals surface area (Å²) in [6.07, 6.45) is 3.96. The van der Waals surface area contributed by atoms with Crippen LogP contribution in [0.3, 0.4) is 0 Å². The van der Waals surface area contributed by atoms with E-state index < -0.39 is 23.8 Å². The van der Waals surface area contributed by atoms with Crippen molar-refractivity contribution in [3.63, 3.8) is 0 Å². The first-order chi connectivity index (χ1) is 30.2. The normalized spacial score (nSPS) is 17.6. The topological polar surface area (TPSA) is 192 Å². The second kappa shape index (κ2) is 19.4. The van der Waals surface area contributed by atoms with Crippen molar-refractivity contribution < 1.29 is 33.1 Å². The van der Waals surface area contributed by atoms with Gasteiger partial charge in [-0.15, -0.1) is 0 Å². The quantitative estimate of drug-likeness (QED) is 0.0805. The van der Waals surface area contributed by atoms with E-state index in [0.29, 0.717) is 36.8 Å². The zero-order chi connectivity index (χ0) is 45.1. The zero-order valence-electron chi connectivity index (χ0n) is 36.6. The lowest BCUT2D eigenvalue weighted by Crippen LogP contribution is -2.53. The number of fused-ring (bicyclic) bond motifs is 2. The van der Waals surface area contributed by atoms with Gasteiger partial charge < -0.3 is 46.6 Å². The molecule has 0 spiro atoms. The van der Waals surface area contributed by atoms with E-state index >= 15 is 4.39 Å². The van der Waals surface area contributed by atoms with Crippen molar-refractivity contribution >= 4 is 45.4 Å². The second-order valence-corrected chi connectivity index (χ2v) is 17.7. The van der Waals surface area contributed by atoms with Crippen molar-refractivity contribution in [2.24, 2.45) is 23.3 Å². The number of nitrogens with one attached hydrogen (secondary N) is 3. The number of rotatable bonds is 16. The maximum Gasteiger partial charge on any atom is 0.245 e. The average Bonchev–Trinajstić information content (AvgIpc) is 4.07. The monoisotopic (exact) mass is 866 g/mol. The first kappa shape index (κ1) is 45.4. The predicted molar refractivity (Wildman–Crippen MR) is 240 cm³/mol. The molecule has 0 aliphatic carbocycles. The van der Waals surface area contributed by atoms with Crippen LogP contribution in [0.5, 0.6) is 0 Å². The molecule has 336 valence electrons. The molecule has 0 radical (unpaired) electrons. The lowest BCUT2D eigenvalue weighted by Gasteiger charge is -2.31. The summed E-state index contributed by atoms with van der Waals surface area (Å²) in [6, 6.07) is 15.4. The maximum atomic E-state index is 15.1. The van der Waals surface area contributed by atoms with E-state index in [2.05, 4.69) is 15.6 Å². The van der Waals surface area contributed by atoms with Crippen molar-refractivity contribution in [3.8, 4) is 22.5 Å². The third-order valence-corrected chi connectivity index (χ3v) is 12.8. The van der Waals surface area contributed by atoms with Crippen LogP contribution in [-0.4, -0.2) is 105 Å². The summed E-state index contributed by atoms with van der Waals surface area (Å²) in [7, 11) is 0. The molecule has 2 aliphatic rings. The van der Waals surface area contributed by atoms with E-state index in [1.54, 1.807) is 12.1 Å². The minimum absolute atomic E-state index is 0.150. The molecule has 2 aromatic heterocycles. The number of aliphatic hydroxyl groups is 1. The predicted octanol–water partition coefficient (Wildman–Crippen LogP) is 4.99. The van der Waals surface area contributed by atoms with Crippen molar-refractivity contribution in [2.45, 2.75) is 96.9 Å². The third-order valence-electron chi connectivity index (χ3n) is 12.8. The van der Waals surface area contributed by atoms with Gasteiger partial charge >= 0.3 is 0 Å². The molecule has 2 aliphatic heterocycles. The zero-order valence-corrected chi connectivity index (χ0v) is 36.6. The fourth-order valence-electron chi connectivity index (χ4n) is 9.74. The van der Waals surface area contributed by atoms with Crippen molar-refractivity contribution in [1.82, 2.24) is 30.0 Å². The summed E-state index contributed by atoms with van der Waals surface area (Å²) < 4.78 is 31.8. The van der Waals surface area contributed by atoms with E-state index in [0.717, 1.165) is 70.2 Å². The number of benzene rings is 3. The highest BCUT2D eigenvalue weighted by atomic mass is 19.1. The summed E-state index contributed by atoms with van der Waals surface area (Å²) in [5.41, 5.74) is 17.6. The van der Waals surface area contributed by atoms with Gasteiger partial charge in [-0.25, -0.2) is 8.78 Å². The smallest absolute Gasteiger partial charge is 0.245 e. The lowest BCUT2D eigenvalue weighted by molar-refractivity contribution is -0.138. The number of aromatic nitrogens is 2. The summed E-state index contributed by atoms with van der Waals surface area (Å²) >= 11 is 0. The van der Waals surface area contributed by atoms with E-state index in [1.165, 1.54) is 24.3 Å². The van der Waals surface area contributed by atoms with E-state index in [9.17, 15) is 28.7 Å². The molecule has 0 saturated carbocycles. The van der Waals surface area contributed by atoms with Gasteiger partial charge in [-0.3, -0.25) is 19.2 Å². The van der Waals surface area contributed by atoms with Crippen LogP contribution in [0.15, 0.2) is 60.7 Å². The average molecular weight is 867 g/mol. The molecule has 63 heavy (non-hydrogen) atoms. The number of carbonyl (C=O) groups excluding carboxylic acids is 4. The van der Waals surface area contributed by atoms with Gasteiger partial charge in [0.05, 0.1) is 25.4 Å². The first-order valence-electron chi connectivity index (χ1n) is 22.2. The number of nitrogens with zero attached hydrogens (tertiary/aromatic N) is 3. The second-order valence-electron chi connectivity index (χ2n) is 17.7. The number of aromatic amines is 1. The van der Waals surface area contributed by atoms with Crippen LogP contribution in [-0.2, 0) is 38.6 Å². The van der Waals surface area contributed by atoms with Gasteiger partial charge in [-0.1, -0.05) is 52.0 Å². The number of likely N-dealkylation sites (tertiary alicyclic amines) is 2. The molecule has 4 amide bonds. The highest BCUT2D eigenvalue weighted by Crippen LogP contribution is 2.40. The Hall–Kier alpha value is -5.64. The number of nitrogens with two attached hydrogens (primary N) is 2. The molecular formula is C48H60F2N8O5. The molecule has 13 nitrogen and oxygen atoms in total. The Balaban J connectivity index is 1.26. The van der Waals surface area contributed by atoms with Gasteiger partial charge in [0.1, 0.15) is 23.7 Å². The fourth-order valence-corrected chi connectivity index (χ4v) is 9.74. The fraction of sp³-hybridized carbons (Fsp3) is 0.458. The van der Waals surface area contributed by atoms with Crippen LogP contribution < -0.4 is 22.1 Å². The number of halogens is 2. The number of aliphatic hydroxyl groups excluding tert-OH is 1. The van der Waals surface area contributed by atoms with E-state index in [-0.39, 0.29) is 73.7 Å². The van der Waals surface area contributed by atoms with Gasteiger partial charge in [-0.2, -0.15) is 0 Å². The van der Waals surface area contributed by atoms with Gasteiger partial charge in [0.25, 0.3) is 0 Å². The number of hydrogen-bond donors (Lipinski definition) is 6. The van der Waals surface area contributed by atoms with Gasteiger partial charge in [0.15, 0.2) is 0 Å². The number of carbonyl (C=O) groups is 4. The molecule has 2 fully saturated rings. The van der Waals surface area contributed by atoms with Crippen LogP contribution >= 0.6 is 0 Å². The Kier molecular flexibility index (Phi) is 14.0. The molecule has 7 rings (SSSR count). The van der Waals surface area contributed by atoms with Gasteiger partial charge in [-0.05, 0) is 109 Å². The van der Waals surface area contributed by atoms with Crippen LogP contribution in [0.4, 0.5) is 8.78 Å². The summed E-state index contributed by atoms with van der Waals surface area (Å²) in [6.45, 7) is 8.27. The molecule has 0 bridgehead atoms. The van der Waals surface area contributed by atoms with Gasteiger partial charge in [0, 0.05) is 59.2 Å². The molecule has 8 N–H and O–H groups in total. The van der Waals surface area contributed by atoms with Crippen molar-refractivity contribution in [3.05, 3.63) is 83.4 Å². The Labute approximate surface area is 366 Å². The Morgan fingerprint density at radius 2 is 1.25 bits per heavy atom. The number of hydrogen-bond acceptors (Lipinski definition) is 7.